The van der Waals surface area contributed by atoms with Crippen molar-refractivity contribution in [3.8, 4) is 11.4 Å². The van der Waals surface area contributed by atoms with Gasteiger partial charge in [0, 0.05) is 18.3 Å². The highest BCUT2D eigenvalue weighted by atomic mass is 19.1. The second-order valence-electron chi connectivity index (χ2n) is 6.01. The van der Waals surface area contributed by atoms with E-state index >= 15 is 0 Å². The predicted octanol–water partition coefficient (Wildman–Crippen LogP) is 4.36. The Hall–Kier alpha value is -3.35. The van der Waals surface area contributed by atoms with Gasteiger partial charge in [0.05, 0.1) is 6.33 Å². The molecule has 0 fully saturated rings. The van der Waals surface area contributed by atoms with Crippen molar-refractivity contribution in [3.63, 3.8) is 0 Å². The number of nitrogens with zero attached hydrogens (tertiary/aromatic N) is 4. The first-order valence-electron chi connectivity index (χ1n) is 7.99. The Balaban J connectivity index is 1.87. The first kappa shape index (κ1) is 16.1. The standard InChI is InChI=1S/C19H15F2N5/c1-11-9-13(21)5-8-15(11)17-24-18(16-19(25-17)26(2)10-22-16)23-14-6-3-12(20)4-7-14/h3-10H,1-2H3,(H,23,24,25). The number of anilines is 2. The molecule has 0 saturated heterocycles. The third-order valence-corrected chi connectivity index (χ3v) is 4.10. The Morgan fingerprint density at radius 2 is 1.69 bits per heavy atom. The molecule has 0 bridgehead atoms. The summed E-state index contributed by atoms with van der Waals surface area (Å²) in [6.45, 7) is 1.81. The van der Waals surface area contributed by atoms with E-state index in [9.17, 15) is 8.78 Å². The molecule has 2 aromatic heterocycles. The second-order valence-corrected chi connectivity index (χ2v) is 6.01. The topological polar surface area (TPSA) is 55.6 Å². The van der Waals surface area contributed by atoms with E-state index in [2.05, 4.69) is 20.3 Å². The normalized spacial score (nSPS) is 11.1. The van der Waals surface area contributed by atoms with Gasteiger partial charge in [-0.2, -0.15) is 0 Å². The lowest BCUT2D eigenvalue weighted by Crippen LogP contribution is -2.01. The summed E-state index contributed by atoms with van der Waals surface area (Å²) in [5.41, 5.74) is 3.39. The van der Waals surface area contributed by atoms with E-state index in [-0.39, 0.29) is 11.6 Å². The molecule has 4 rings (SSSR count). The van der Waals surface area contributed by atoms with E-state index < -0.39 is 0 Å². The van der Waals surface area contributed by atoms with Crippen LogP contribution in [0.1, 0.15) is 5.56 Å². The molecular formula is C19H15F2N5. The molecule has 0 radical (unpaired) electrons. The minimum absolute atomic E-state index is 0.308. The van der Waals surface area contributed by atoms with Gasteiger partial charge in [0.15, 0.2) is 22.8 Å². The Labute approximate surface area is 148 Å². The summed E-state index contributed by atoms with van der Waals surface area (Å²) in [5, 5.41) is 3.16. The number of aromatic nitrogens is 4. The molecule has 0 amide bonds. The third kappa shape index (κ3) is 2.88. The van der Waals surface area contributed by atoms with Crippen molar-refractivity contribution in [2.24, 2.45) is 7.05 Å². The van der Waals surface area contributed by atoms with Gasteiger partial charge in [0.1, 0.15) is 11.6 Å². The molecule has 0 aliphatic carbocycles. The number of nitrogens with one attached hydrogen (secondary N) is 1. The molecular weight excluding hydrogens is 336 g/mol. The van der Waals surface area contributed by atoms with E-state index in [1.165, 1.54) is 24.3 Å². The average Bonchev–Trinajstić information content (AvgIpc) is 2.98. The Bertz CT molecular complexity index is 1100. The zero-order chi connectivity index (χ0) is 18.3. The van der Waals surface area contributed by atoms with Crippen LogP contribution in [0.3, 0.4) is 0 Å². The van der Waals surface area contributed by atoms with E-state index in [0.717, 1.165) is 11.1 Å². The van der Waals surface area contributed by atoms with Crippen LogP contribution in [-0.2, 0) is 7.05 Å². The summed E-state index contributed by atoms with van der Waals surface area (Å²) >= 11 is 0. The summed E-state index contributed by atoms with van der Waals surface area (Å²) in [4.78, 5) is 13.5. The van der Waals surface area contributed by atoms with Crippen molar-refractivity contribution in [2.75, 3.05) is 5.32 Å². The van der Waals surface area contributed by atoms with Crippen molar-refractivity contribution < 1.29 is 8.78 Å². The van der Waals surface area contributed by atoms with E-state index in [1.807, 2.05) is 14.0 Å². The fraction of sp³-hybridized carbons (Fsp3) is 0.105. The molecule has 2 heterocycles. The van der Waals surface area contributed by atoms with Crippen molar-refractivity contribution in [2.45, 2.75) is 6.92 Å². The van der Waals surface area contributed by atoms with Gasteiger partial charge < -0.3 is 9.88 Å². The highest BCUT2D eigenvalue weighted by Crippen LogP contribution is 2.28. The maximum Gasteiger partial charge on any atom is 0.165 e. The average molecular weight is 351 g/mol. The molecule has 0 aliphatic heterocycles. The SMILES string of the molecule is Cc1cc(F)ccc1-c1nc(Nc2ccc(F)cc2)c2ncn(C)c2n1. The van der Waals surface area contributed by atoms with Gasteiger partial charge in [0.25, 0.3) is 0 Å². The maximum absolute atomic E-state index is 13.4. The lowest BCUT2D eigenvalue weighted by molar-refractivity contribution is 0.626. The smallest absolute Gasteiger partial charge is 0.165 e. The molecule has 0 saturated carbocycles. The fourth-order valence-electron chi connectivity index (χ4n) is 2.76. The molecule has 0 aliphatic rings. The van der Waals surface area contributed by atoms with Gasteiger partial charge in [-0.1, -0.05) is 0 Å². The largest absolute Gasteiger partial charge is 0.338 e. The molecule has 26 heavy (non-hydrogen) atoms. The quantitative estimate of drug-likeness (QED) is 0.596. The number of imidazole rings is 1. The zero-order valence-corrected chi connectivity index (χ0v) is 14.2. The fourth-order valence-corrected chi connectivity index (χ4v) is 2.76. The van der Waals surface area contributed by atoms with Crippen molar-refractivity contribution in [3.05, 3.63) is 66.0 Å². The number of rotatable bonds is 3. The number of fused-ring (bicyclic) bond motifs is 1. The highest BCUT2D eigenvalue weighted by molar-refractivity contribution is 5.87. The Morgan fingerprint density at radius 1 is 0.962 bits per heavy atom. The summed E-state index contributed by atoms with van der Waals surface area (Å²) in [6, 6.07) is 10.5. The van der Waals surface area contributed by atoms with Crippen LogP contribution in [0.5, 0.6) is 0 Å². The van der Waals surface area contributed by atoms with Crippen LogP contribution in [0.25, 0.3) is 22.6 Å². The maximum atomic E-state index is 13.4. The molecule has 2 aromatic carbocycles. The molecule has 0 unspecified atom stereocenters. The van der Waals surface area contributed by atoms with Crippen molar-refractivity contribution in [1.82, 2.24) is 19.5 Å². The van der Waals surface area contributed by atoms with Gasteiger partial charge in [0.2, 0.25) is 0 Å². The van der Waals surface area contributed by atoms with Gasteiger partial charge in [-0.3, -0.25) is 0 Å². The van der Waals surface area contributed by atoms with Crippen LogP contribution in [0.2, 0.25) is 0 Å². The molecule has 4 aromatic rings. The number of benzene rings is 2. The molecule has 1 N–H and O–H groups in total. The predicted molar refractivity (Wildman–Crippen MR) is 96.1 cm³/mol. The third-order valence-electron chi connectivity index (χ3n) is 4.10. The Morgan fingerprint density at radius 3 is 2.42 bits per heavy atom. The Kier molecular flexibility index (Phi) is 3.84. The van der Waals surface area contributed by atoms with Crippen LogP contribution >= 0.6 is 0 Å². The molecule has 5 nitrogen and oxygen atoms in total. The lowest BCUT2D eigenvalue weighted by atomic mass is 10.1. The summed E-state index contributed by atoms with van der Waals surface area (Å²) in [7, 11) is 1.84. The van der Waals surface area contributed by atoms with Crippen LogP contribution in [-0.4, -0.2) is 19.5 Å². The molecule has 130 valence electrons. The van der Waals surface area contributed by atoms with Crippen LogP contribution < -0.4 is 5.32 Å². The summed E-state index contributed by atoms with van der Waals surface area (Å²) < 4.78 is 28.4. The van der Waals surface area contributed by atoms with Crippen LogP contribution in [0.15, 0.2) is 48.8 Å². The van der Waals surface area contributed by atoms with Crippen LogP contribution in [0.4, 0.5) is 20.3 Å². The van der Waals surface area contributed by atoms with Gasteiger partial charge >= 0.3 is 0 Å². The minimum atomic E-state index is -0.316. The number of hydrogen-bond donors (Lipinski definition) is 1. The first-order chi connectivity index (χ1) is 12.5. The van der Waals surface area contributed by atoms with Gasteiger partial charge in [-0.15, -0.1) is 0 Å². The van der Waals surface area contributed by atoms with E-state index in [0.29, 0.717) is 28.5 Å². The lowest BCUT2D eigenvalue weighted by Gasteiger charge is -2.10. The van der Waals surface area contributed by atoms with E-state index in [1.54, 1.807) is 29.1 Å². The van der Waals surface area contributed by atoms with Gasteiger partial charge in [-0.25, -0.2) is 23.7 Å². The summed E-state index contributed by atoms with van der Waals surface area (Å²) in [5.74, 6) is 0.338. The molecule has 0 atom stereocenters. The second kappa shape index (κ2) is 6.18. The number of hydrogen-bond acceptors (Lipinski definition) is 4. The molecule has 0 spiro atoms. The minimum Gasteiger partial charge on any atom is -0.338 e. The number of halogens is 2. The first-order valence-corrected chi connectivity index (χ1v) is 7.99. The molecule has 7 heteroatoms. The van der Waals surface area contributed by atoms with E-state index in [4.69, 9.17) is 0 Å². The highest BCUT2D eigenvalue weighted by Gasteiger charge is 2.15. The summed E-state index contributed by atoms with van der Waals surface area (Å²) in [6.07, 6.45) is 1.65. The van der Waals surface area contributed by atoms with Gasteiger partial charge in [-0.05, 0) is 55.0 Å². The van der Waals surface area contributed by atoms with Crippen molar-refractivity contribution >= 4 is 22.7 Å². The van der Waals surface area contributed by atoms with Crippen molar-refractivity contribution in [1.29, 1.82) is 0 Å². The monoisotopic (exact) mass is 351 g/mol. The van der Waals surface area contributed by atoms with Crippen LogP contribution in [0, 0.1) is 18.6 Å². The number of aryl methyl sites for hydroxylation is 2. The zero-order valence-electron chi connectivity index (χ0n) is 14.2.